The van der Waals surface area contributed by atoms with Gasteiger partial charge < -0.3 is 15.5 Å². The number of hydrogen-bond acceptors (Lipinski definition) is 3. The molecule has 0 aromatic carbocycles. The maximum absolute atomic E-state index is 10.7. The number of aliphatic hydroxyl groups is 1. The van der Waals surface area contributed by atoms with Crippen molar-refractivity contribution >= 4 is 5.97 Å². The van der Waals surface area contributed by atoms with Crippen LogP contribution in [0.2, 0.25) is 0 Å². The van der Waals surface area contributed by atoms with Crippen LogP contribution in [0.3, 0.4) is 0 Å². The standard InChI is InChI=1S/C9H19NO3/c1-8(2,7(11)12)5-10-6-9(3,4)13/h10,13H,5-6H2,1-4H3,(H,11,12). The van der Waals surface area contributed by atoms with E-state index in [4.69, 9.17) is 5.11 Å². The molecule has 4 nitrogen and oxygen atoms in total. The maximum atomic E-state index is 10.7. The van der Waals surface area contributed by atoms with E-state index >= 15 is 0 Å². The van der Waals surface area contributed by atoms with Gasteiger partial charge in [-0.1, -0.05) is 0 Å². The molecule has 0 radical (unpaired) electrons. The highest BCUT2D eigenvalue weighted by Gasteiger charge is 2.27. The second-order valence-electron chi connectivity index (χ2n) is 4.61. The SMILES string of the molecule is CC(C)(O)CNCC(C)(C)C(=O)O. The molecule has 0 saturated carbocycles. The van der Waals surface area contributed by atoms with E-state index in [0.29, 0.717) is 13.1 Å². The molecule has 0 aliphatic carbocycles. The van der Waals surface area contributed by atoms with Gasteiger partial charge in [0.05, 0.1) is 11.0 Å². The van der Waals surface area contributed by atoms with Crippen molar-refractivity contribution in [3.63, 3.8) is 0 Å². The molecule has 0 heterocycles. The average molecular weight is 189 g/mol. The first kappa shape index (κ1) is 12.4. The van der Waals surface area contributed by atoms with E-state index in [-0.39, 0.29) is 0 Å². The minimum atomic E-state index is -0.837. The fourth-order valence-electron chi connectivity index (χ4n) is 0.757. The summed E-state index contributed by atoms with van der Waals surface area (Å²) in [5, 5.41) is 21.0. The molecule has 0 aliphatic heterocycles. The zero-order chi connectivity index (χ0) is 10.7. The molecule has 0 spiro atoms. The summed E-state index contributed by atoms with van der Waals surface area (Å²) in [5.74, 6) is -0.837. The molecule has 0 unspecified atom stereocenters. The summed E-state index contributed by atoms with van der Waals surface area (Å²) in [4.78, 5) is 10.7. The fourth-order valence-corrected chi connectivity index (χ4v) is 0.757. The van der Waals surface area contributed by atoms with E-state index in [0.717, 1.165) is 0 Å². The summed E-state index contributed by atoms with van der Waals surface area (Å²) < 4.78 is 0. The van der Waals surface area contributed by atoms with E-state index in [1.165, 1.54) is 0 Å². The quantitative estimate of drug-likeness (QED) is 0.587. The fraction of sp³-hybridized carbons (Fsp3) is 0.889. The van der Waals surface area contributed by atoms with Crippen LogP contribution in [-0.2, 0) is 4.79 Å². The van der Waals surface area contributed by atoms with Gasteiger partial charge in [0.25, 0.3) is 0 Å². The zero-order valence-corrected chi connectivity index (χ0v) is 8.72. The average Bonchev–Trinajstić information content (AvgIpc) is 1.82. The van der Waals surface area contributed by atoms with E-state index in [1.807, 2.05) is 0 Å². The van der Waals surface area contributed by atoms with Gasteiger partial charge in [0, 0.05) is 13.1 Å². The smallest absolute Gasteiger partial charge is 0.310 e. The summed E-state index contributed by atoms with van der Waals surface area (Å²) in [7, 11) is 0. The van der Waals surface area contributed by atoms with Crippen LogP contribution in [0.5, 0.6) is 0 Å². The molecule has 13 heavy (non-hydrogen) atoms. The predicted molar refractivity (Wildman–Crippen MR) is 50.6 cm³/mol. The normalized spacial score (nSPS) is 13.0. The first-order chi connectivity index (χ1) is 5.65. The van der Waals surface area contributed by atoms with Crippen LogP contribution >= 0.6 is 0 Å². The molecule has 0 atom stereocenters. The molecular formula is C9H19NO3. The highest BCUT2D eigenvalue weighted by Crippen LogP contribution is 2.13. The Labute approximate surface area is 79.0 Å². The Morgan fingerprint density at radius 1 is 1.23 bits per heavy atom. The molecule has 0 amide bonds. The Morgan fingerprint density at radius 2 is 1.69 bits per heavy atom. The van der Waals surface area contributed by atoms with Crippen molar-refractivity contribution in [2.24, 2.45) is 5.41 Å². The van der Waals surface area contributed by atoms with Crippen LogP contribution in [0.4, 0.5) is 0 Å². The van der Waals surface area contributed by atoms with E-state index < -0.39 is 17.0 Å². The summed E-state index contributed by atoms with van der Waals surface area (Å²) >= 11 is 0. The van der Waals surface area contributed by atoms with Gasteiger partial charge in [0.2, 0.25) is 0 Å². The van der Waals surface area contributed by atoms with Crippen LogP contribution < -0.4 is 5.32 Å². The molecule has 0 bridgehead atoms. The number of carbonyl (C=O) groups is 1. The number of carboxylic acids is 1. The summed E-state index contributed by atoms with van der Waals surface area (Å²) in [6.07, 6.45) is 0. The van der Waals surface area contributed by atoms with Gasteiger partial charge in [-0.25, -0.2) is 0 Å². The predicted octanol–water partition coefficient (Wildman–Crippen LogP) is 0.458. The van der Waals surface area contributed by atoms with Gasteiger partial charge >= 0.3 is 5.97 Å². The summed E-state index contributed by atoms with van der Waals surface area (Å²) in [6.45, 7) is 7.39. The van der Waals surface area contributed by atoms with Crippen molar-refractivity contribution in [3.05, 3.63) is 0 Å². The lowest BCUT2D eigenvalue weighted by atomic mass is 9.93. The Kier molecular flexibility index (Phi) is 3.88. The van der Waals surface area contributed by atoms with Crippen LogP contribution in [0, 0.1) is 5.41 Å². The van der Waals surface area contributed by atoms with Crippen LogP contribution in [0.1, 0.15) is 27.7 Å². The number of carboxylic acid groups (broad SMARTS) is 1. The van der Waals surface area contributed by atoms with Crippen LogP contribution in [-0.4, -0.2) is 34.9 Å². The van der Waals surface area contributed by atoms with Gasteiger partial charge in [-0.2, -0.15) is 0 Å². The van der Waals surface area contributed by atoms with Crippen molar-refractivity contribution in [2.75, 3.05) is 13.1 Å². The highest BCUT2D eigenvalue weighted by molar-refractivity contribution is 5.73. The second-order valence-corrected chi connectivity index (χ2v) is 4.61. The minimum Gasteiger partial charge on any atom is -0.481 e. The Bertz CT molecular complexity index is 182. The lowest BCUT2D eigenvalue weighted by molar-refractivity contribution is -0.146. The van der Waals surface area contributed by atoms with Crippen molar-refractivity contribution in [1.29, 1.82) is 0 Å². The van der Waals surface area contributed by atoms with Gasteiger partial charge in [-0.3, -0.25) is 4.79 Å². The minimum absolute atomic E-state index is 0.353. The van der Waals surface area contributed by atoms with Gasteiger partial charge in [0.1, 0.15) is 0 Å². The van der Waals surface area contributed by atoms with E-state index in [1.54, 1.807) is 27.7 Å². The molecule has 4 heteroatoms. The third kappa shape index (κ3) is 5.60. The molecule has 0 saturated heterocycles. The monoisotopic (exact) mass is 189 g/mol. The van der Waals surface area contributed by atoms with Gasteiger partial charge in [-0.05, 0) is 27.7 Å². The lowest BCUT2D eigenvalue weighted by Gasteiger charge is -2.23. The molecule has 0 rings (SSSR count). The summed E-state index contributed by atoms with van der Waals surface area (Å²) in [6, 6.07) is 0. The van der Waals surface area contributed by atoms with Crippen molar-refractivity contribution in [1.82, 2.24) is 5.32 Å². The highest BCUT2D eigenvalue weighted by atomic mass is 16.4. The van der Waals surface area contributed by atoms with Crippen molar-refractivity contribution in [3.8, 4) is 0 Å². The molecular weight excluding hydrogens is 170 g/mol. The number of hydrogen-bond donors (Lipinski definition) is 3. The van der Waals surface area contributed by atoms with E-state index in [9.17, 15) is 9.90 Å². The van der Waals surface area contributed by atoms with Crippen molar-refractivity contribution < 1.29 is 15.0 Å². The third-order valence-corrected chi connectivity index (χ3v) is 1.70. The number of aliphatic carboxylic acids is 1. The Hall–Kier alpha value is -0.610. The van der Waals surface area contributed by atoms with Crippen LogP contribution in [0.15, 0.2) is 0 Å². The molecule has 0 fully saturated rings. The maximum Gasteiger partial charge on any atom is 0.310 e. The van der Waals surface area contributed by atoms with Crippen LogP contribution in [0.25, 0.3) is 0 Å². The third-order valence-electron chi connectivity index (χ3n) is 1.70. The second kappa shape index (κ2) is 4.07. The van der Waals surface area contributed by atoms with Gasteiger partial charge in [-0.15, -0.1) is 0 Å². The Morgan fingerprint density at radius 3 is 2.00 bits per heavy atom. The first-order valence-electron chi connectivity index (χ1n) is 4.32. The van der Waals surface area contributed by atoms with Gasteiger partial charge in [0.15, 0.2) is 0 Å². The van der Waals surface area contributed by atoms with E-state index in [2.05, 4.69) is 5.32 Å². The number of rotatable bonds is 5. The molecule has 0 aliphatic rings. The lowest BCUT2D eigenvalue weighted by Crippen LogP contribution is -2.42. The molecule has 78 valence electrons. The molecule has 0 aromatic rings. The van der Waals surface area contributed by atoms with Crippen molar-refractivity contribution in [2.45, 2.75) is 33.3 Å². The zero-order valence-electron chi connectivity index (χ0n) is 8.72. The Balaban J connectivity index is 3.84. The largest absolute Gasteiger partial charge is 0.481 e. The first-order valence-corrected chi connectivity index (χ1v) is 4.32. The number of nitrogens with one attached hydrogen (secondary N) is 1. The molecule has 3 N–H and O–H groups in total. The topological polar surface area (TPSA) is 69.6 Å². The molecule has 0 aromatic heterocycles. The summed E-state index contributed by atoms with van der Waals surface area (Å²) in [5.41, 5.74) is -1.58.